The third kappa shape index (κ3) is 4.50. The van der Waals surface area contributed by atoms with Gasteiger partial charge in [0.05, 0.1) is 41.7 Å². The summed E-state index contributed by atoms with van der Waals surface area (Å²) in [4.78, 5) is 40.0. The van der Waals surface area contributed by atoms with E-state index in [0.717, 1.165) is 22.2 Å². The van der Waals surface area contributed by atoms with Crippen LogP contribution < -0.4 is 11.1 Å². The minimum Gasteiger partial charge on any atom is -0.469 e. The lowest BCUT2D eigenvalue weighted by molar-refractivity contribution is -0.142. The number of hydrogen-bond donors (Lipinski definition) is 2. The van der Waals surface area contributed by atoms with Crippen LogP contribution in [0.4, 0.5) is 5.69 Å². The molecule has 0 radical (unpaired) electrons. The molecule has 0 spiro atoms. The molecule has 10 heteroatoms. The standard InChI is InChI=1S/C25H21ClN4O4S/c1-13-6-5-7-14(10-13)29-23(32)21-20(15-8-3-4-9-17(15)26)16(12-27)22(28)30-24(33)18(35-25(21)30)11-19(31)34-2/h3-10,18,20H,11,28H2,1-2H3,(H,29,32)/t18-,20+/m0/s1. The van der Waals surface area contributed by atoms with Crippen molar-refractivity contribution in [3.63, 3.8) is 0 Å². The van der Waals surface area contributed by atoms with Gasteiger partial charge in [0.15, 0.2) is 0 Å². The number of halogens is 1. The second-order valence-electron chi connectivity index (χ2n) is 7.97. The number of rotatable bonds is 5. The SMILES string of the molecule is COC(=O)C[C@@H]1SC2=C(C(=O)Nc3cccc(C)c3)[C@H](c3ccccc3Cl)C(C#N)=C(N)N2C1=O. The minimum atomic E-state index is -0.915. The number of benzene rings is 2. The Kier molecular flexibility index (Phi) is 6.87. The van der Waals surface area contributed by atoms with Crippen LogP contribution in [0.1, 0.15) is 23.5 Å². The zero-order valence-corrected chi connectivity index (χ0v) is 20.4. The molecule has 2 amide bonds. The highest BCUT2D eigenvalue weighted by Crippen LogP contribution is 2.50. The number of amides is 2. The first-order valence-corrected chi connectivity index (χ1v) is 11.9. The van der Waals surface area contributed by atoms with E-state index in [1.807, 2.05) is 13.0 Å². The van der Waals surface area contributed by atoms with Gasteiger partial charge in [-0.25, -0.2) is 0 Å². The third-order valence-corrected chi connectivity index (χ3v) is 7.34. The first-order chi connectivity index (χ1) is 16.8. The van der Waals surface area contributed by atoms with Gasteiger partial charge >= 0.3 is 5.97 Å². The summed E-state index contributed by atoms with van der Waals surface area (Å²) in [6.07, 6.45) is -0.210. The molecule has 2 aromatic carbocycles. The smallest absolute Gasteiger partial charge is 0.307 e. The van der Waals surface area contributed by atoms with Crippen molar-refractivity contribution in [2.45, 2.75) is 24.5 Å². The number of nitriles is 1. The fourth-order valence-electron chi connectivity index (χ4n) is 4.09. The summed E-state index contributed by atoms with van der Waals surface area (Å²) in [6, 6.07) is 16.2. The number of nitrogens with zero attached hydrogens (tertiary/aromatic N) is 2. The molecule has 35 heavy (non-hydrogen) atoms. The number of aryl methyl sites for hydroxylation is 1. The maximum atomic E-state index is 13.7. The molecule has 0 bridgehead atoms. The molecule has 0 aliphatic carbocycles. The number of fused-ring (bicyclic) bond motifs is 1. The summed E-state index contributed by atoms with van der Waals surface area (Å²) in [6.45, 7) is 1.90. The summed E-state index contributed by atoms with van der Waals surface area (Å²) in [5.74, 6) is -2.60. The van der Waals surface area contributed by atoms with E-state index in [9.17, 15) is 19.6 Å². The van der Waals surface area contributed by atoms with E-state index < -0.39 is 29.0 Å². The number of allylic oxidation sites excluding steroid dienone is 1. The van der Waals surface area contributed by atoms with E-state index in [2.05, 4.69) is 11.4 Å². The van der Waals surface area contributed by atoms with E-state index in [-0.39, 0.29) is 28.4 Å². The van der Waals surface area contributed by atoms with Gasteiger partial charge in [-0.15, -0.1) is 0 Å². The molecule has 3 N–H and O–H groups in total. The fourth-order valence-corrected chi connectivity index (χ4v) is 5.66. The molecule has 0 saturated carbocycles. The van der Waals surface area contributed by atoms with E-state index >= 15 is 0 Å². The predicted molar refractivity (Wildman–Crippen MR) is 133 cm³/mol. The van der Waals surface area contributed by atoms with Crippen LogP contribution in [0.5, 0.6) is 0 Å². The second-order valence-corrected chi connectivity index (χ2v) is 9.57. The molecule has 8 nitrogen and oxygen atoms in total. The number of ether oxygens (including phenoxy) is 1. The lowest BCUT2D eigenvalue weighted by atomic mass is 9.82. The molecule has 0 unspecified atom stereocenters. The average molecular weight is 509 g/mol. The maximum absolute atomic E-state index is 13.7. The van der Waals surface area contributed by atoms with Gasteiger partial charge in [0.25, 0.3) is 5.91 Å². The first kappa shape index (κ1) is 24.4. The molecular formula is C25H21ClN4O4S. The average Bonchev–Trinajstić information content (AvgIpc) is 3.14. The molecule has 1 fully saturated rings. The molecule has 178 valence electrons. The van der Waals surface area contributed by atoms with Crippen LogP contribution in [0.3, 0.4) is 0 Å². The number of esters is 1. The topological polar surface area (TPSA) is 126 Å². The van der Waals surface area contributed by atoms with Gasteiger partial charge < -0.3 is 15.8 Å². The van der Waals surface area contributed by atoms with E-state index in [0.29, 0.717) is 16.3 Å². The monoisotopic (exact) mass is 508 g/mol. The van der Waals surface area contributed by atoms with Gasteiger partial charge in [0.2, 0.25) is 5.91 Å². The van der Waals surface area contributed by atoms with Crippen molar-refractivity contribution in [3.8, 4) is 6.07 Å². The number of nitrogens with two attached hydrogens (primary N) is 1. The lowest BCUT2D eigenvalue weighted by Crippen LogP contribution is -2.39. The Balaban J connectivity index is 1.90. The highest BCUT2D eigenvalue weighted by Gasteiger charge is 2.48. The normalized spacial score (nSPS) is 19.4. The second kappa shape index (κ2) is 9.86. The summed E-state index contributed by atoms with van der Waals surface area (Å²) in [7, 11) is 1.23. The van der Waals surface area contributed by atoms with Crippen LogP contribution in [0, 0.1) is 18.3 Å². The van der Waals surface area contributed by atoms with Gasteiger partial charge in [-0.2, -0.15) is 5.26 Å². The molecule has 1 saturated heterocycles. The summed E-state index contributed by atoms with van der Waals surface area (Å²) >= 11 is 7.54. The molecule has 4 rings (SSSR count). The zero-order valence-electron chi connectivity index (χ0n) is 18.9. The lowest BCUT2D eigenvalue weighted by Gasteiger charge is -2.32. The third-order valence-electron chi connectivity index (χ3n) is 5.71. The van der Waals surface area contributed by atoms with Gasteiger partial charge in [0, 0.05) is 10.7 Å². The van der Waals surface area contributed by atoms with Crippen LogP contribution in [0.2, 0.25) is 5.02 Å². The van der Waals surface area contributed by atoms with E-state index in [1.165, 1.54) is 7.11 Å². The number of anilines is 1. The van der Waals surface area contributed by atoms with E-state index in [1.54, 1.807) is 42.5 Å². The maximum Gasteiger partial charge on any atom is 0.307 e. The Hall–Kier alpha value is -3.74. The van der Waals surface area contributed by atoms with Crippen molar-refractivity contribution in [1.82, 2.24) is 4.90 Å². The van der Waals surface area contributed by atoms with Crippen LogP contribution in [0.25, 0.3) is 0 Å². The van der Waals surface area contributed by atoms with Crippen molar-refractivity contribution < 1.29 is 19.1 Å². The number of nitrogens with one attached hydrogen (secondary N) is 1. The number of methoxy groups -OCH3 is 1. The summed E-state index contributed by atoms with van der Waals surface area (Å²) in [5.41, 5.74) is 8.49. The van der Waals surface area contributed by atoms with Crippen LogP contribution >= 0.6 is 23.4 Å². The number of carbonyl (C=O) groups is 3. The Bertz CT molecular complexity index is 1350. The molecule has 0 aromatic heterocycles. The Morgan fingerprint density at radius 3 is 2.66 bits per heavy atom. The highest BCUT2D eigenvalue weighted by molar-refractivity contribution is 8.04. The predicted octanol–water partition coefficient (Wildman–Crippen LogP) is 3.80. The van der Waals surface area contributed by atoms with Crippen molar-refractivity contribution in [1.29, 1.82) is 5.26 Å². The van der Waals surface area contributed by atoms with Gasteiger partial charge in [-0.3, -0.25) is 19.3 Å². The molecule has 2 aliphatic rings. The molecular weight excluding hydrogens is 488 g/mol. The Labute approximate surface area is 211 Å². The van der Waals surface area contributed by atoms with Crippen molar-refractivity contribution in [3.05, 3.63) is 86.7 Å². The number of hydrogen-bond acceptors (Lipinski definition) is 7. The number of thioether (sulfide) groups is 1. The molecule has 2 heterocycles. The molecule has 2 aliphatic heterocycles. The molecule has 2 aromatic rings. The summed E-state index contributed by atoms with van der Waals surface area (Å²) in [5, 5.41) is 12.7. The van der Waals surface area contributed by atoms with Crippen molar-refractivity contribution in [2.75, 3.05) is 12.4 Å². The van der Waals surface area contributed by atoms with Crippen molar-refractivity contribution >= 4 is 46.8 Å². The first-order valence-electron chi connectivity index (χ1n) is 10.6. The largest absolute Gasteiger partial charge is 0.469 e. The number of carbonyl (C=O) groups excluding carboxylic acids is 3. The Morgan fingerprint density at radius 2 is 2.00 bits per heavy atom. The molecule has 2 atom stereocenters. The van der Waals surface area contributed by atoms with Crippen LogP contribution in [-0.4, -0.2) is 35.0 Å². The highest BCUT2D eigenvalue weighted by atomic mass is 35.5. The van der Waals surface area contributed by atoms with Gasteiger partial charge in [-0.1, -0.05) is 53.7 Å². The Morgan fingerprint density at radius 1 is 1.26 bits per heavy atom. The quantitative estimate of drug-likeness (QED) is 0.588. The zero-order chi connectivity index (χ0) is 25.3. The minimum absolute atomic E-state index is 0.0175. The van der Waals surface area contributed by atoms with Gasteiger partial charge in [0.1, 0.15) is 11.1 Å². The van der Waals surface area contributed by atoms with Crippen molar-refractivity contribution in [2.24, 2.45) is 5.73 Å². The van der Waals surface area contributed by atoms with E-state index in [4.69, 9.17) is 22.1 Å². The van der Waals surface area contributed by atoms with Crippen LogP contribution in [-0.2, 0) is 19.1 Å². The summed E-state index contributed by atoms with van der Waals surface area (Å²) < 4.78 is 4.72. The fraction of sp³-hybridized carbons (Fsp3) is 0.200. The van der Waals surface area contributed by atoms with Gasteiger partial charge in [-0.05, 0) is 36.2 Å². The van der Waals surface area contributed by atoms with Crippen LogP contribution in [0.15, 0.2) is 70.5 Å².